The zero-order valence-corrected chi connectivity index (χ0v) is 10.5. The lowest BCUT2D eigenvalue weighted by Crippen LogP contribution is -2.17. The summed E-state index contributed by atoms with van der Waals surface area (Å²) in [6.07, 6.45) is 5.31. The molecule has 2 heterocycles. The lowest BCUT2D eigenvalue weighted by Gasteiger charge is -2.20. The fourth-order valence-corrected chi connectivity index (χ4v) is 3.01. The van der Waals surface area contributed by atoms with Gasteiger partial charge in [0, 0.05) is 36.6 Å². The van der Waals surface area contributed by atoms with E-state index in [2.05, 4.69) is 4.98 Å². The van der Waals surface area contributed by atoms with E-state index in [4.69, 9.17) is 9.84 Å². The van der Waals surface area contributed by atoms with E-state index >= 15 is 0 Å². The Morgan fingerprint density at radius 1 is 1.56 bits per heavy atom. The van der Waals surface area contributed by atoms with Gasteiger partial charge in [-0.3, -0.25) is 0 Å². The van der Waals surface area contributed by atoms with Gasteiger partial charge in [0.2, 0.25) is 0 Å². The molecule has 0 spiro atoms. The third-order valence-electron chi connectivity index (χ3n) is 3.14. The minimum absolute atomic E-state index is 0.207. The van der Waals surface area contributed by atoms with E-state index < -0.39 is 0 Å². The van der Waals surface area contributed by atoms with Gasteiger partial charge < -0.3 is 9.84 Å². The van der Waals surface area contributed by atoms with Crippen molar-refractivity contribution in [3.05, 3.63) is 16.1 Å². The molecule has 1 aromatic rings. The summed E-state index contributed by atoms with van der Waals surface area (Å²) in [7, 11) is 0. The highest BCUT2D eigenvalue weighted by Gasteiger charge is 2.17. The molecule has 3 nitrogen and oxygen atoms in total. The highest BCUT2D eigenvalue weighted by molar-refractivity contribution is 7.11. The van der Waals surface area contributed by atoms with Crippen molar-refractivity contribution in [2.45, 2.75) is 32.1 Å². The molecule has 1 aromatic heterocycles. The van der Waals surface area contributed by atoms with Crippen LogP contribution in [0.2, 0.25) is 0 Å². The number of ether oxygens (including phenoxy) is 1. The minimum atomic E-state index is 0.207. The highest BCUT2D eigenvalue weighted by Crippen LogP contribution is 2.26. The molecule has 0 aliphatic carbocycles. The summed E-state index contributed by atoms with van der Waals surface area (Å²) in [5, 5.41) is 10.3. The maximum Gasteiger partial charge on any atom is 0.0930 e. The average molecular weight is 241 g/mol. The first-order chi connectivity index (χ1) is 7.79. The third-order valence-corrected chi connectivity index (χ3v) is 4.39. The second kappa shape index (κ2) is 5.75. The van der Waals surface area contributed by atoms with E-state index in [0.29, 0.717) is 0 Å². The molecule has 1 fully saturated rings. The second-order valence-electron chi connectivity index (χ2n) is 4.50. The number of aliphatic hydroxyl groups excluding tert-OH is 1. The summed E-state index contributed by atoms with van der Waals surface area (Å²) in [5.74, 6) is 0.957. The fraction of sp³-hybridized carbons (Fsp3) is 0.750. The maximum atomic E-state index is 9.08. The van der Waals surface area contributed by atoms with Crippen molar-refractivity contribution in [3.63, 3.8) is 0 Å². The van der Waals surface area contributed by atoms with Crippen molar-refractivity contribution in [1.29, 1.82) is 0 Å². The molecular weight excluding hydrogens is 222 g/mol. The third kappa shape index (κ3) is 3.03. The summed E-state index contributed by atoms with van der Waals surface area (Å²) < 4.78 is 5.35. The summed E-state index contributed by atoms with van der Waals surface area (Å²) in [4.78, 5) is 5.64. The monoisotopic (exact) mass is 241 g/mol. The first kappa shape index (κ1) is 12.0. The first-order valence-electron chi connectivity index (χ1n) is 5.92. The van der Waals surface area contributed by atoms with Crippen LogP contribution in [0.1, 0.15) is 35.6 Å². The Morgan fingerprint density at radius 3 is 3.00 bits per heavy atom. The Morgan fingerprint density at radius 2 is 2.31 bits per heavy atom. The van der Waals surface area contributed by atoms with Crippen molar-refractivity contribution in [1.82, 2.24) is 4.98 Å². The standard InChI is InChI=1S/C12H19NO2S/c1-9(8-14)11-7-13-12(16-11)6-10-2-4-15-5-3-10/h7,9-10,14H,2-6,8H2,1H3. The first-order valence-corrected chi connectivity index (χ1v) is 6.74. The topological polar surface area (TPSA) is 42.4 Å². The summed E-state index contributed by atoms with van der Waals surface area (Å²) >= 11 is 1.75. The van der Waals surface area contributed by atoms with E-state index in [1.54, 1.807) is 11.3 Å². The maximum absolute atomic E-state index is 9.08. The highest BCUT2D eigenvalue weighted by atomic mass is 32.1. The van der Waals surface area contributed by atoms with Crippen LogP contribution < -0.4 is 0 Å². The number of rotatable bonds is 4. The van der Waals surface area contributed by atoms with Crippen LogP contribution in [0, 0.1) is 5.92 Å². The lowest BCUT2D eigenvalue weighted by molar-refractivity contribution is 0.0665. The molecule has 90 valence electrons. The quantitative estimate of drug-likeness (QED) is 0.879. The zero-order valence-electron chi connectivity index (χ0n) is 9.69. The molecule has 0 amide bonds. The van der Waals surface area contributed by atoms with E-state index in [0.717, 1.165) is 38.4 Å². The Kier molecular flexibility index (Phi) is 4.32. The molecule has 0 saturated carbocycles. The van der Waals surface area contributed by atoms with Crippen LogP contribution >= 0.6 is 11.3 Å². The number of nitrogens with zero attached hydrogens (tertiary/aromatic N) is 1. The normalized spacial score (nSPS) is 19.9. The fourth-order valence-electron chi connectivity index (χ4n) is 1.93. The Labute approximate surface area is 100 Å². The molecule has 1 unspecified atom stereocenters. The molecule has 1 aliphatic rings. The predicted molar refractivity (Wildman–Crippen MR) is 64.9 cm³/mol. The van der Waals surface area contributed by atoms with Crippen LogP contribution in [0.5, 0.6) is 0 Å². The van der Waals surface area contributed by atoms with Crippen LogP contribution in [-0.4, -0.2) is 29.9 Å². The van der Waals surface area contributed by atoms with Crippen molar-refractivity contribution >= 4 is 11.3 Å². The molecule has 1 N–H and O–H groups in total. The van der Waals surface area contributed by atoms with Crippen LogP contribution in [0.25, 0.3) is 0 Å². The number of thiazole rings is 1. The van der Waals surface area contributed by atoms with Gasteiger partial charge in [0.1, 0.15) is 0 Å². The molecule has 1 aliphatic heterocycles. The average Bonchev–Trinajstić information content (AvgIpc) is 2.78. The number of hydrogen-bond donors (Lipinski definition) is 1. The van der Waals surface area contributed by atoms with Gasteiger partial charge in [0.15, 0.2) is 0 Å². The summed E-state index contributed by atoms with van der Waals surface area (Å²) in [6, 6.07) is 0. The smallest absolute Gasteiger partial charge is 0.0930 e. The zero-order chi connectivity index (χ0) is 11.4. The Hall–Kier alpha value is -0.450. The Bertz CT molecular complexity index is 321. The SMILES string of the molecule is CC(CO)c1cnc(CC2CCOCC2)s1. The molecule has 1 atom stereocenters. The van der Waals surface area contributed by atoms with Gasteiger partial charge in [0.05, 0.1) is 11.6 Å². The summed E-state index contributed by atoms with van der Waals surface area (Å²) in [5.41, 5.74) is 0. The lowest BCUT2D eigenvalue weighted by atomic mass is 9.97. The molecule has 2 rings (SSSR count). The van der Waals surface area contributed by atoms with Crippen molar-refractivity contribution in [2.75, 3.05) is 19.8 Å². The second-order valence-corrected chi connectivity index (χ2v) is 5.65. The molecule has 16 heavy (non-hydrogen) atoms. The molecule has 0 aromatic carbocycles. The molecule has 0 radical (unpaired) electrons. The van der Waals surface area contributed by atoms with Crippen molar-refractivity contribution in [3.8, 4) is 0 Å². The van der Waals surface area contributed by atoms with E-state index in [-0.39, 0.29) is 12.5 Å². The van der Waals surface area contributed by atoms with Gasteiger partial charge in [-0.2, -0.15) is 0 Å². The van der Waals surface area contributed by atoms with Gasteiger partial charge in [-0.25, -0.2) is 4.98 Å². The van der Waals surface area contributed by atoms with E-state index in [1.807, 2.05) is 13.1 Å². The van der Waals surface area contributed by atoms with Crippen molar-refractivity contribution in [2.24, 2.45) is 5.92 Å². The minimum Gasteiger partial charge on any atom is -0.396 e. The van der Waals surface area contributed by atoms with Crippen LogP contribution in [0.4, 0.5) is 0 Å². The van der Waals surface area contributed by atoms with Gasteiger partial charge >= 0.3 is 0 Å². The van der Waals surface area contributed by atoms with Gasteiger partial charge in [-0.05, 0) is 18.8 Å². The molecular formula is C12H19NO2S. The summed E-state index contributed by atoms with van der Waals surface area (Å²) in [6.45, 7) is 4.04. The largest absolute Gasteiger partial charge is 0.396 e. The van der Waals surface area contributed by atoms with Crippen LogP contribution in [-0.2, 0) is 11.2 Å². The molecule has 4 heteroatoms. The number of hydrogen-bond acceptors (Lipinski definition) is 4. The number of aliphatic hydroxyl groups is 1. The van der Waals surface area contributed by atoms with Gasteiger partial charge in [-0.1, -0.05) is 6.92 Å². The van der Waals surface area contributed by atoms with E-state index in [1.165, 1.54) is 9.88 Å². The van der Waals surface area contributed by atoms with Crippen LogP contribution in [0.3, 0.4) is 0 Å². The van der Waals surface area contributed by atoms with E-state index in [9.17, 15) is 0 Å². The van der Waals surface area contributed by atoms with Crippen molar-refractivity contribution < 1.29 is 9.84 Å². The molecule has 0 bridgehead atoms. The van der Waals surface area contributed by atoms with Gasteiger partial charge in [-0.15, -0.1) is 11.3 Å². The Balaban J connectivity index is 1.91. The van der Waals surface area contributed by atoms with Gasteiger partial charge in [0.25, 0.3) is 0 Å². The molecule has 1 saturated heterocycles. The number of aromatic nitrogens is 1. The predicted octanol–water partition coefficient (Wildman–Crippen LogP) is 2.21. The van der Waals surface area contributed by atoms with Crippen LogP contribution in [0.15, 0.2) is 6.20 Å².